The first-order valence-electron chi connectivity index (χ1n) is 9.93. The molecule has 146 valence electrons. The number of aromatic nitrogens is 2. The smallest absolute Gasteiger partial charge is 0.127 e. The van der Waals surface area contributed by atoms with Gasteiger partial charge in [0.05, 0.1) is 12.3 Å². The third-order valence-corrected chi connectivity index (χ3v) is 5.34. The normalized spacial score (nSPS) is 17.6. The van der Waals surface area contributed by atoms with E-state index in [0.29, 0.717) is 0 Å². The molecule has 3 aromatic rings. The molecule has 0 bridgehead atoms. The molecule has 1 N–H and O–H groups in total. The number of nitrogens with zero attached hydrogens (tertiary/aromatic N) is 3. The minimum atomic E-state index is 0.223. The van der Waals surface area contributed by atoms with Gasteiger partial charge in [0.25, 0.3) is 0 Å². The van der Waals surface area contributed by atoms with Crippen LogP contribution in [0.25, 0.3) is 11.3 Å². The van der Waals surface area contributed by atoms with Gasteiger partial charge in [0, 0.05) is 37.0 Å². The quantitative estimate of drug-likeness (QED) is 0.699. The molecule has 1 aromatic heterocycles. The second-order valence-electron chi connectivity index (χ2n) is 7.42. The Hall–Kier alpha value is -2.63. The summed E-state index contributed by atoms with van der Waals surface area (Å²) in [6.45, 7) is 2.07. The molecule has 28 heavy (non-hydrogen) atoms. The van der Waals surface area contributed by atoms with Crippen molar-refractivity contribution in [3.63, 3.8) is 0 Å². The van der Waals surface area contributed by atoms with Gasteiger partial charge in [-0.2, -0.15) is 5.10 Å². The van der Waals surface area contributed by atoms with Crippen LogP contribution in [0.1, 0.15) is 24.8 Å². The molecule has 1 atom stereocenters. The van der Waals surface area contributed by atoms with Crippen molar-refractivity contribution >= 4 is 0 Å². The fourth-order valence-electron chi connectivity index (χ4n) is 3.90. The summed E-state index contributed by atoms with van der Waals surface area (Å²) in [5, 5.41) is 14.4. The molecule has 0 unspecified atom stereocenters. The zero-order valence-electron chi connectivity index (χ0n) is 16.3. The molecule has 2 heterocycles. The molecule has 1 fully saturated rings. The van der Waals surface area contributed by atoms with Crippen LogP contribution in [0.4, 0.5) is 0 Å². The molecule has 1 saturated heterocycles. The lowest BCUT2D eigenvalue weighted by molar-refractivity contribution is 0.0842. The number of hydrogen-bond donors (Lipinski definition) is 1. The largest absolute Gasteiger partial charge is 0.457 e. The number of likely N-dealkylation sites (tertiary alicyclic amines) is 1. The van der Waals surface area contributed by atoms with Crippen LogP contribution in [0.15, 0.2) is 60.8 Å². The SMILES string of the molecule is Cn1cc(CN2CCCC[C@@H]2CO)c(-c2ccc(Oc3ccccc3)cc2)n1. The fourth-order valence-corrected chi connectivity index (χ4v) is 3.90. The maximum absolute atomic E-state index is 9.71. The Labute approximate surface area is 166 Å². The molecular weight excluding hydrogens is 350 g/mol. The molecule has 0 spiro atoms. The highest BCUT2D eigenvalue weighted by Gasteiger charge is 2.23. The van der Waals surface area contributed by atoms with Crippen LogP contribution in [0, 0.1) is 0 Å². The van der Waals surface area contributed by atoms with Gasteiger partial charge in [-0.25, -0.2) is 0 Å². The van der Waals surface area contributed by atoms with E-state index in [0.717, 1.165) is 42.3 Å². The van der Waals surface area contributed by atoms with Crippen LogP contribution in [0.5, 0.6) is 11.5 Å². The number of aliphatic hydroxyl groups excluding tert-OH is 1. The molecule has 5 heteroatoms. The number of rotatable bonds is 6. The lowest BCUT2D eigenvalue weighted by Gasteiger charge is -2.34. The number of aliphatic hydroxyl groups is 1. The van der Waals surface area contributed by atoms with E-state index in [9.17, 15) is 5.11 Å². The molecule has 5 nitrogen and oxygen atoms in total. The van der Waals surface area contributed by atoms with Crippen molar-refractivity contribution in [3.05, 3.63) is 66.4 Å². The zero-order valence-corrected chi connectivity index (χ0v) is 16.3. The van der Waals surface area contributed by atoms with E-state index in [4.69, 9.17) is 9.84 Å². The number of hydrogen-bond acceptors (Lipinski definition) is 4. The number of aryl methyl sites for hydroxylation is 1. The van der Waals surface area contributed by atoms with Gasteiger partial charge in [0.2, 0.25) is 0 Å². The number of ether oxygens (including phenoxy) is 1. The highest BCUT2D eigenvalue weighted by molar-refractivity contribution is 5.63. The monoisotopic (exact) mass is 377 g/mol. The number of para-hydroxylation sites is 1. The first-order valence-corrected chi connectivity index (χ1v) is 9.93. The summed E-state index contributed by atoms with van der Waals surface area (Å²) in [4.78, 5) is 2.39. The Bertz CT molecular complexity index is 890. The summed E-state index contributed by atoms with van der Waals surface area (Å²) in [6.07, 6.45) is 5.55. The summed E-state index contributed by atoms with van der Waals surface area (Å²) in [5.74, 6) is 1.64. The summed E-state index contributed by atoms with van der Waals surface area (Å²) in [5.41, 5.74) is 3.27. The van der Waals surface area contributed by atoms with Crippen molar-refractivity contribution in [2.24, 2.45) is 7.05 Å². The lowest BCUT2D eigenvalue weighted by Crippen LogP contribution is -2.41. The van der Waals surface area contributed by atoms with E-state index in [2.05, 4.69) is 23.2 Å². The Morgan fingerprint density at radius 2 is 1.79 bits per heavy atom. The van der Waals surface area contributed by atoms with E-state index < -0.39 is 0 Å². The molecule has 0 radical (unpaired) electrons. The molecule has 0 aliphatic carbocycles. The minimum Gasteiger partial charge on any atom is -0.457 e. The first kappa shape index (κ1) is 18.7. The summed E-state index contributed by atoms with van der Waals surface area (Å²) < 4.78 is 7.77. The molecule has 0 amide bonds. The van der Waals surface area contributed by atoms with Crippen molar-refractivity contribution in [1.29, 1.82) is 0 Å². The maximum atomic E-state index is 9.71. The molecule has 2 aromatic carbocycles. The predicted molar refractivity (Wildman–Crippen MR) is 110 cm³/mol. The summed E-state index contributed by atoms with van der Waals surface area (Å²) in [7, 11) is 1.96. The van der Waals surface area contributed by atoms with Crippen molar-refractivity contribution in [2.45, 2.75) is 31.8 Å². The Morgan fingerprint density at radius 3 is 2.54 bits per heavy atom. The van der Waals surface area contributed by atoms with Crippen LogP contribution < -0.4 is 4.74 Å². The van der Waals surface area contributed by atoms with Gasteiger partial charge < -0.3 is 9.84 Å². The van der Waals surface area contributed by atoms with E-state index >= 15 is 0 Å². The van der Waals surface area contributed by atoms with Gasteiger partial charge in [0.1, 0.15) is 11.5 Å². The van der Waals surface area contributed by atoms with Crippen LogP contribution in [0.3, 0.4) is 0 Å². The third-order valence-electron chi connectivity index (χ3n) is 5.34. The maximum Gasteiger partial charge on any atom is 0.127 e. The summed E-state index contributed by atoms with van der Waals surface area (Å²) >= 11 is 0. The van der Waals surface area contributed by atoms with E-state index in [1.54, 1.807) is 0 Å². The van der Waals surface area contributed by atoms with Gasteiger partial charge >= 0.3 is 0 Å². The lowest BCUT2D eigenvalue weighted by atomic mass is 10.0. The first-order chi connectivity index (χ1) is 13.7. The number of benzene rings is 2. The Kier molecular flexibility index (Phi) is 5.74. The minimum absolute atomic E-state index is 0.223. The van der Waals surface area contributed by atoms with E-state index in [1.165, 1.54) is 18.4 Å². The van der Waals surface area contributed by atoms with Crippen LogP contribution in [-0.4, -0.2) is 39.0 Å². The summed E-state index contributed by atoms with van der Waals surface area (Å²) in [6, 6.07) is 18.1. The molecular formula is C23H27N3O2. The molecule has 1 aliphatic heterocycles. The second-order valence-corrected chi connectivity index (χ2v) is 7.42. The van der Waals surface area contributed by atoms with Gasteiger partial charge in [-0.3, -0.25) is 9.58 Å². The van der Waals surface area contributed by atoms with Crippen molar-refractivity contribution < 1.29 is 9.84 Å². The highest BCUT2D eigenvalue weighted by atomic mass is 16.5. The Morgan fingerprint density at radius 1 is 1.04 bits per heavy atom. The van der Waals surface area contributed by atoms with Gasteiger partial charge in [-0.05, 0) is 55.8 Å². The van der Waals surface area contributed by atoms with E-state index in [-0.39, 0.29) is 12.6 Å². The number of piperidine rings is 1. The molecule has 4 rings (SSSR count). The highest BCUT2D eigenvalue weighted by Crippen LogP contribution is 2.29. The standard InChI is InChI=1S/C23H27N3O2/c1-25-15-19(16-26-14-6-5-7-20(26)17-27)23(24-25)18-10-12-22(13-11-18)28-21-8-3-2-4-9-21/h2-4,8-13,15,20,27H,5-7,14,16-17H2,1H3/t20-/m1/s1. The second kappa shape index (κ2) is 8.59. The molecule has 1 aliphatic rings. The van der Waals surface area contributed by atoms with Crippen LogP contribution in [0.2, 0.25) is 0 Å². The van der Waals surface area contributed by atoms with Gasteiger partial charge in [-0.15, -0.1) is 0 Å². The van der Waals surface area contributed by atoms with Crippen molar-refractivity contribution in [2.75, 3.05) is 13.2 Å². The third kappa shape index (κ3) is 4.26. The van der Waals surface area contributed by atoms with E-state index in [1.807, 2.05) is 54.2 Å². The zero-order chi connectivity index (χ0) is 19.3. The average molecular weight is 377 g/mol. The van der Waals surface area contributed by atoms with Crippen LogP contribution in [-0.2, 0) is 13.6 Å². The topological polar surface area (TPSA) is 50.5 Å². The van der Waals surface area contributed by atoms with Gasteiger partial charge in [0.15, 0.2) is 0 Å². The predicted octanol–water partition coefficient (Wildman–Crippen LogP) is 4.23. The average Bonchev–Trinajstić information content (AvgIpc) is 3.10. The Balaban J connectivity index is 1.52. The van der Waals surface area contributed by atoms with Gasteiger partial charge in [-0.1, -0.05) is 24.6 Å². The van der Waals surface area contributed by atoms with Crippen molar-refractivity contribution in [3.8, 4) is 22.8 Å². The fraction of sp³-hybridized carbons (Fsp3) is 0.348. The molecule has 0 saturated carbocycles. The van der Waals surface area contributed by atoms with Crippen molar-refractivity contribution in [1.82, 2.24) is 14.7 Å². The van der Waals surface area contributed by atoms with Crippen LogP contribution >= 0.6 is 0 Å².